The fourth-order valence-electron chi connectivity index (χ4n) is 1.76. The van der Waals surface area contributed by atoms with Crippen LogP contribution in [0, 0.1) is 0 Å². The first-order chi connectivity index (χ1) is 9.06. The maximum atomic E-state index is 11.4. The first-order valence-corrected chi connectivity index (χ1v) is 6.53. The van der Waals surface area contributed by atoms with Crippen LogP contribution in [0.4, 0.5) is 11.4 Å². The number of hydrogen-bond donors (Lipinski definition) is 3. The van der Waals surface area contributed by atoms with E-state index in [0.29, 0.717) is 23.5 Å². The van der Waals surface area contributed by atoms with E-state index in [-0.39, 0.29) is 0 Å². The van der Waals surface area contributed by atoms with Crippen LogP contribution in [0.3, 0.4) is 0 Å². The van der Waals surface area contributed by atoms with Gasteiger partial charge >= 0.3 is 0 Å². The van der Waals surface area contributed by atoms with Gasteiger partial charge < -0.3 is 16.8 Å². The number of hydrogen-bond acceptors (Lipinski definition) is 3. The number of benzene rings is 2. The van der Waals surface area contributed by atoms with Gasteiger partial charge in [0.1, 0.15) is 0 Å². The van der Waals surface area contributed by atoms with Crippen LogP contribution in [-0.4, -0.2) is 5.91 Å². The maximum Gasteiger partial charge on any atom is 0.250 e. The van der Waals surface area contributed by atoms with E-state index < -0.39 is 5.91 Å². The minimum Gasteiger partial charge on any atom is -0.399 e. The van der Waals surface area contributed by atoms with E-state index in [4.69, 9.17) is 11.5 Å². The molecule has 0 unspecified atom stereocenters. The molecule has 0 spiro atoms. The highest BCUT2D eigenvalue weighted by Crippen LogP contribution is 2.20. The molecule has 2 aromatic rings. The minimum atomic E-state index is -0.496. The molecule has 4 nitrogen and oxygen atoms in total. The molecule has 0 aliphatic carbocycles. The maximum absolute atomic E-state index is 11.4. The zero-order valence-corrected chi connectivity index (χ0v) is 11.8. The van der Waals surface area contributed by atoms with Crippen molar-refractivity contribution in [3.05, 3.63) is 58.1 Å². The molecule has 0 heterocycles. The first-order valence-electron chi connectivity index (χ1n) is 5.74. The fraction of sp³-hybridized carbons (Fsp3) is 0.0714. The number of carbonyl (C=O) groups excluding carboxylic acids is 1. The van der Waals surface area contributed by atoms with Gasteiger partial charge in [0, 0.05) is 22.4 Å². The van der Waals surface area contributed by atoms with Gasteiger partial charge in [0.15, 0.2) is 0 Å². The number of rotatable bonds is 4. The lowest BCUT2D eigenvalue weighted by Crippen LogP contribution is -2.14. The van der Waals surface area contributed by atoms with Gasteiger partial charge in [0.2, 0.25) is 0 Å². The van der Waals surface area contributed by atoms with E-state index in [1.807, 2.05) is 24.3 Å². The summed E-state index contributed by atoms with van der Waals surface area (Å²) in [5.41, 5.74) is 13.7. The summed E-state index contributed by atoms with van der Waals surface area (Å²) in [6, 6.07) is 13.0. The van der Waals surface area contributed by atoms with Crippen LogP contribution in [0.1, 0.15) is 15.9 Å². The average molecular weight is 320 g/mol. The Morgan fingerprint density at radius 2 is 2.00 bits per heavy atom. The summed E-state index contributed by atoms with van der Waals surface area (Å²) in [5.74, 6) is -0.496. The Morgan fingerprint density at radius 1 is 1.21 bits per heavy atom. The second-order valence-corrected chi connectivity index (χ2v) is 5.07. The number of amides is 1. The molecule has 0 aliphatic heterocycles. The lowest BCUT2D eigenvalue weighted by Gasteiger charge is -2.11. The van der Waals surface area contributed by atoms with Gasteiger partial charge in [-0.3, -0.25) is 4.79 Å². The van der Waals surface area contributed by atoms with Crippen molar-refractivity contribution in [1.82, 2.24) is 0 Å². The highest BCUT2D eigenvalue weighted by atomic mass is 79.9. The van der Waals surface area contributed by atoms with Crippen molar-refractivity contribution in [2.75, 3.05) is 11.1 Å². The number of nitrogens with two attached hydrogens (primary N) is 2. The van der Waals surface area contributed by atoms with E-state index in [9.17, 15) is 4.79 Å². The Morgan fingerprint density at radius 3 is 2.68 bits per heavy atom. The van der Waals surface area contributed by atoms with E-state index in [2.05, 4.69) is 21.2 Å². The Labute approximate surface area is 119 Å². The zero-order chi connectivity index (χ0) is 13.8. The van der Waals surface area contributed by atoms with Crippen molar-refractivity contribution >= 4 is 33.2 Å². The van der Waals surface area contributed by atoms with E-state index in [1.165, 1.54) is 0 Å². The third kappa shape index (κ3) is 3.48. The molecule has 5 heteroatoms. The molecule has 1 amide bonds. The van der Waals surface area contributed by atoms with Crippen molar-refractivity contribution in [2.24, 2.45) is 5.73 Å². The monoisotopic (exact) mass is 319 g/mol. The number of halogens is 1. The van der Waals surface area contributed by atoms with Crippen LogP contribution in [0.2, 0.25) is 0 Å². The number of anilines is 2. The van der Waals surface area contributed by atoms with Gasteiger partial charge in [-0.05, 0) is 35.9 Å². The van der Waals surface area contributed by atoms with Crippen LogP contribution < -0.4 is 16.8 Å². The second kappa shape index (κ2) is 5.75. The molecule has 2 aromatic carbocycles. The van der Waals surface area contributed by atoms with Crippen molar-refractivity contribution in [2.45, 2.75) is 6.54 Å². The van der Waals surface area contributed by atoms with E-state index in [0.717, 1.165) is 10.0 Å². The molecule has 0 aromatic heterocycles. The summed E-state index contributed by atoms with van der Waals surface area (Å²) in [5, 5.41) is 3.19. The highest BCUT2D eigenvalue weighted by molar-refractivity contribution is 9.10. The van der Waals surface area contributed by atoms with Gasteiger partial charge in [-0.15, -0.1) is 0 Å². The molecule has 98 valence electrons. The average Bonchev–Trinajstić information content (AvgIpc) is 2.37. The van der Waals surface area contributed by atoms with Crippen LogP contribution in [0.15, 0.2) is 46.9 Å². The van der Waals surface area contributed by atoms with Gasteiger partial charge in [0.05, 0.1) is 5.56 Å². The summed E-state index contributed by atoms with van der Waals surface area (Å²) >= 11 is 3.42. The summed E-state index contributed by atoms with van der Waals surface area (Å²) in [7, 11) is 0. The largest absolute Gasteiger partial charge is 0.399 e. The third-order valence-corrected chi connectivity index (χ3v) is 3.17. The molecule has 0 atom stereocenters. The molecule has 5 N–H and O–H groups in total. The normalized spacial score (nSPS) is 10.2. The third-order valence-electron chi connectivity index (χ3n) is 2.68. The van der Waals surface area contributed by atoms with Crippen LogP contribution >= 0.6 is 15.9 Å². The fourth-order valence-corrected chi connectivity index (χ4v) is 2.21. The summed E-state index contributed by atoms with van der Waals surface area (Å²) < 4.78 is 1.01. The van der Waals surface area contributed by atoms with Crippen molar-refractivity contribution in [3.63, 3.8) is 0 Å². The topological polar surface area (TPSA) is 81.1 Å². The van der Waals surface area contributed by atoms with Gasteiger partial charge in [-0.2, -0.15) is 0 Å². The number of nitrogens with one attached hydrogen (secondary N) is 1. The van der Waals surface area contributed by atoms with Gasteiger partial charge in [-0.1, -0.05) is 28.1 Å². The summed E-state index contributed by atoms with van der Waals surface area (Å²) in [4.78, 5) is 11.4. The Hall–Kier alpha value is -2.01. The van der Waals surface area contributed by atoms with Crippen LogP contribution in [0.5, 0.6) is 0 Å². The molecular formula is C14H14BrN3O. The highest BCUT2D eigenvalue weighted by Gasteiger charge is 2.08. The summed E-state index contributed by atoms with van der Waals surface area (Å²) in [6.45, 7) is 0.601. The van der Waals surface area contributed by atoms with Gasteiger partial charge in [-0.25, -0.2) is 0 Å². The molecule has 0 fully saturated rings. The lowest BCUT2D eigenvalue weighted by atomic mass is 10.1. The smallest absolute Gasteiger partial charge is 0.250 e. The van der Waals surface area contributed by atoms with Gasteiger partial charge in [0.25, 0.3) is 5.91 Å². The van der Waals surface area contributed by atoms with Crippen molar-refractivity contribution in [3.8, 4) is 0 Å². The SMILES string of the molecule is NC(=O)c1cc(N)ccc1NCc1cccc(Br)c1. The van der Waals surface area contributed by atoms with Crippen LogP contribution in [-0.2, 0) is 6.54 Å². The molecule has 0 bridgehead atoms. The number of primary amides is 1. The van der Waals surface area contributed by atoms with E-state index >= 15 is 0 Å². The number of nitrogen functional groups attached to an aromatic ring is 1. The predicted octanol–water partition coefficient (Wildman–Crippen LogP) is 2.74. The molecular weight excluding hydrogens is 306 g/mol. The molecule has 0 saturated carbocycles. The lowest BCUT2D eigenvalue weighted by molar-refractivity contribution is 0.100. The first kappa shape index (κ1) is 13.4. The predicted molar refractivity (Wildman–Crippen MR) is 80.8 cm³/mol. The Balaban J connectivity index is 2.17. The molecule has 0 saturated heterocycles. The zero-order valence-electron chi connectivity index (χ0n) is 10.2. The molecule has 2 rings (SSSR count). The van der Waals surface area contributed by atoms with Crippen molar-refractivity contribution < 1.29 is 4.79 Å². The quantitative estimate of drug-likeness (QED) is 0.758. The number of carbonyl (C=O) groups is 1. The van der Waals surface area contributed by atoms with Crippen molar-refractivity contribution in [1.29, 1.82) is 0 Å². The van der Waals surface area contributed by atoms with Crippen LogP contribution in [0.25, 0.3) is 0 Å². The minimum absolute atomic E-state index is 0.398. The second-order valence-electron chi connectivity index (χ2n) is 4.15. The molecule has 0 radical (unpaired) electrons. The van der Waals surface area contributed by atoms with E-state index in [1.54, 1.807) is 18.2 Å². The Bertz CT molecular complexity index is 613. The Kier molecular flexibility index (Phi) is 4.06. The molecule has 0 aliphatic rings. The standard InChI is InChI=1S/C14H14BrN3O/c15-10-3-1-2-9(6-10)8-18-13-5-4-11(16)7-12(13)14(17)19/h1-7,18H,8,16H2,(H2,17,19). The summed E-state index contributed by atoms with van der Waals surface area (Å²) in [6.07, 6.45) is 0. The molecule has 19 heavy (non-hydrogen) atoms.